The van der Waals surface area contributed by atoms with Gasteiger partial charge in [-0.25, -0.2) is 4.79 Å². The molecule has 0 aliphatic heterocycles. The molecule has 4 N–H and O–H groups in total. The van der Waals surface area contributed by atoms with Crippen molar-refractivity contribution < 1.29 is 9.59 Å². The van der Waals surface area contributed by atoms with Crippen molar-refractivity contribution in [2.24, 2.45) is 5.73 Å². The highest BCUT2D eigenvalue weighted by molar-refractivity contribution is 7.10. The van der Waals surface area contributed by atoms with Crippen LogP contribution in [-0.4, -0.2) is 11.9 Å². The van der Waals surface area contributed by atoms with Gasteiger partial charge < -0.3 is 16.4 Å². The van der Waals surface area contributed by atoms with E-state index in [0.717, 1.165) is 4.88 Å². The number of thiophene rings is 1. The molecule has 0 saturated heterocycles. The van der Waals surface area contributed by atoms with E-state index >= 15 is 0 Å². The van der Waals surface area contributed by atoms with Crippen LogP contribution in [0.2, 0.25) is 5.02 Å². The maximum Gasteiger partial charge on any atom is 0.312 e. The van der Waals surface area contributed by atoms with Crippen molar-refractivity contribution in [1.82, 2.24) is 5.32 Å². The van der Waals surface area contributed by atoms with E-state index in [9.17, 15) is 9.59 Å². The molecule has 0 aliphatic carbocycles. The van der Waals surface area contributed by atoms with Gasteiger partial charge in [0.2, 0.25) is 5.91 Å². The molecular weight excluding hydrogens is 310 g/mol. The van der Waals surface area contributed by atoms with Crippen molar-refractivity contribution in [3.63, 3.8) is 0 Å². The quantitative estimate of drug-likeness (QED) is 0.789. The molecule has 1 atom stereocenters. The largest absolute Gasteiger partial charge is 0.352 e. The molecule has 0 fully saturated rings. The van der Waals surface area contributed by atoms with Gasteiger partial charge in [0.25, 0.3) is 0 Å². The number of carbonyl (C=O) groups is 2. The predicted molar refractivity (Wildman–Crippen MR) is 84.5 cm³/mol. The molecule has 5 nitrogen and oxygen atoms in total. The Kier molecular flexibility index (Phi) is 5.19. The van der Waals surface area contributed by atoms with Gasteiger partial charge in [0.1, 0.15) is 0 Å². The summed E-state index contributed by atoms with van der Waals surface area (Å²) in [5.74, 6) is -0.218. The maximum absolute atomic E-state index is 12.1. The summed E-state index contributed by atoms with van der Waals surface area (Å²) in [6.07, 6.45) is 0.103. The number of amides is 3. The molecule has 0 saturated carbocycles. The van der Waals surface area contributed by atoms with E-state index in [4.69, 9.17) is 17.3 Å². The standard InChI is InChI=1S/C14H14ClN3O2S/c15-9-3-5-10(6-4-9)17-13(19)8-11(18-14(16)20)12-2-1-7-21-12/h1-7,11H,8H2,(H,17,19)(H3,16,18,20). The Hall–Kier alpha value is -2.05. The van der Waals surface area contributed by atoms with Crippen LogP contribution in [0.4, 0.5) is 10.5 Å². The summed E-state index contributed by atoms with van der Waals surface area (Å²) in [6, 6.07) is 9.41. The average Bonchev–Trinajstić information content (AvgIpc) is 2.94. The number of nitrogens with two attached hydrogens (primary N) is 1. The van der Waals surface area contributed by atoms with E-state index in [0.29, 0.717) is 10.7 Å². The third-order valence-corrected chi connectivity index (χ3v) is 3.96. The van der Waals surface area contributed by atoms with Crippen molar-refractivity contribution >= 4 is 40.6 Å². The first-order chi connectivity index (χ1) is 10.0. The van der Waals surface area contributed by atoms with Gasteiger partial charge in [-0.05, 0) is 35.7 Å². The second-order valence-electron chi connectivity index (χ2n) is 4.34. The summed E-state index contributed by atoms with van der Waals surface area (Å²) in [6.45, 7) is 0. The molecule has 110 valence electrons. The number of nitrogens with one attached hydrogen (secondary N) is 2. The zero-order chi connectivity index (χ0) is 15.2. The summed E-state index contributed by atoms with van der Waals surface area (Å²) >= 11 is 7.24. The minimum Gasteiger partial charge on any atom is -0.352 e. The van der Waals surface area contributed by atoms with Gasteiger partial charge in [-0.2, -0.15) is 0 Å². The first-order valence-electron chi connectivity index (χ1n) is 6.19. The first kappa shape index (κ1) is 15.3. The van der Waals surface area contributed by atoms with Crippen LogP contribution in [0.3, 0.4) is 0 Å². The predicted octanol–water partition coefficient (Wildman–Crippen LogP) is 3.14. The lowest BCUT2D eigenvalue weighted by molar-refractivity contribution is -0.116. The highest BCUT2D eigenvalue weighted by Gasteiger charge is 2.18. The highest BCUT2D eigenvalue weighted by atomic mass is 35.5. The topological polar surface area (TPSA) is 84.2 Å². The number of halogens is 1. The van der Waals surface area contributed by atoms with E-state index in [1.807, 2.05) is 17.5 Å². The van der Waals surface area contributed by atoms with Crippen LogP contribution in [-0.2, 0) is 4.79 Å². The molecule has 0 spiro atoms. The van der Waals surface area contributed by atoms with E-state index in [1.54, 1.807) is 24.3 Å². The van der Waals surface area contributed by atoms with Gasteiger partial charge in [-0.15, -0.1) is 11.3 Å². The summed E-state index contributed by atoms with van der Waals surface area (Å²) in [4.78, 5) is 24.0. The van der Waals surface area contributed by atoms with E-state index < -0.39 is 12.1 Å². The molecule has 0 radical (unpaired) electrons. The third-order valence-electron chi connectivity index (χ3n) is 2.72. The van der Waals surface area contributed by atoms with Gasteiger partial charge in [0.15, 0.2) is 0 Å². The van der Waals surface area contributed by atoms with Crippen LogP contribution < -0.4 is 16.4 Å². The van der Waals surface area contributed by atoms with Crippen LogP contribution >= 0.6 is 22.9 Å². The van der Waals surface area contributed by atoms with Crippen molar-refractivity contribution in [3.8, 4) is 0 Å². The molecule has 21 heavy (non-hydrogen) atoms. The molecule has 2 rings (SSSR count). The van der Waals surface area contributed by atoms with E-state index in [1.165, 1.54) is 11.3 Å². The van der Waals surface area contributed by atoms with Gasteiger partial charge in [-0.1, -0.05) is 17.7 Å². The zero-order valence-electron chi connectivity index (χ0n) is 11.0. The highest BCUT2D eigenvalue weighted by Crippen LogP contribution is 2.22. The summed E-state index contributed by atoms with van der Waals surface area (Å²) < 4.78 is 0. The van der Waals surface area contributed by atoms with Gasteiger partial charge in [0.05, 0.1) is 12.5 Å². The number of hydrogen-bond acceptors (Lipinski definition) is 3. The fraction of sp³-hybridized carbons (Fsp3) is 0.143. The molecule has 1 unspecified atom stereocenters. The Morgan fingerprint density at radius 2 is 1.95 bits per heavy atom. The van der Waals surface area contributed by atoms with Crippen LogP contribution in [0.5, 0.6) is 0 Å². The minimum atomic E-state index is -0.660. The van der Waals surface area contributed by atoms with Crippen LogP contribution in [0.15, 0.2) is 41.8 Å². The molecule has 2 aromatic rings. The Morgan fingerprint density at radius 1 is 1.24 bits per heavy atom. The molecule has 0 bridgehead atoms. The number of rotatable bonds is 5. The van der Waals surface area contributed by atoms with Crippen LogP contribution in [0.1, 0.15) is 17.3 Å². The SMILES string of the molecule is NC(=O)NC(CC(=O)Nc1ccc(Cl)cc1)c1cccs1. The first-order valence-corrected chi connectivity index (χ1v) is 7.45. The second-order valence-corrected chi connectivity index (χ2v) is 5.75. The lowest BCUT2D eigenvalue weighted by atomic mass is 10.1. The number of benzene rings is 1. The second kappa shape index (κ2) is 7.10. The van der Waals surface area contributed by atoms with Crippen LogP contribution in [0, 0.1) is 0 Å². The Balaban J connectivity index is 2.01. The summed E-state index contributed by atoms with van der Waals surface area (Å²) in [5.41, 5.74) is 5.80. The zero-order valence-corrected chi connectivity index (χ0v) is 12.6. The molecule has 1 aromatic carbocycles. The number of urea groups is 1. The lowest BCUT2D eigenvalue weighted by Gasteiger charge is -2.15. The van der Waals surface area contributed by atoms with Gasteiger partial charge in [-0.3, -0.25) is 4.79 Å². The molecule has 1 aromatic heterocycles. The molecular formula is C14H14ClN3O2S. The number of carbonyl (C=O) groups excluding carboxylic acids is 2. The number of hydrogen-bond donors (Lipinski definition) is 3. The minimum absolute atomic E-state index is 0.103. The molecule has 3 amide bonds. The molecule has 0 aliphatic rings. The average molecular weight is 324 g/mol. The monoisotopic (exact) mass is 323 g/mol. The van der Waals surface area contributed by atoms with Crippen molar-refractivity contribution in [2.45, 2.75) is 12.5 Å². The Labute approximate surface area is 131 Å². The smallest absolute Gasteiger partial charge is 0.312 e. The Morgan fingerprint density at radius 3 is 2.52 bits per heavy atom. The number of primary amides is 1. The molecule has 1 heterocycles. The van der Waals surface area contributed by atoms with E-state index in [-0.39, 0.29) is 12.3 Å². The van der Waals surface area contributed by atoms with Crippen molar-refractivity contribution in [1.29, 1.82) is 0 Å². The lowest BCUT2D eigenvalue weighted by Crippen LogP contribution is -2.34. The van der Waals surface area contributed by atoms with Crippen molar-refractivity contribution in [2.75, 3.05) is 5.32 Å². The summed E-state index contributed by atoms with van der Waals surface area (Å²) in [7, 11) is 0. The van der Waals surface area contributed by atoms with Gasteiger partial charge >= 0.3 is 6.03 Å². The fourth-order valence-corrected chi connectivity index (χ4v) is 2.72. The Bertz CT molecular complexity index is 614. The summed E-state index contributed by atoms with van der Waals surface area (Å²) in [5, 5.41) is 7.80. The fourth-order valence-electron chi connectivity index (χ4n) is 1.81. The van der Waals surface area contributed by atoms with Crippen molar-refractivity contribution in [3.05, 3.63) is 51.7 Å². The van der Waals surface area contributed by atoms with Gasteiger partial charge in [0, 0.05) is 15.6 Å². The molecule has 7 heteroatoms. The van der Waals surface area contributed by atoms with Crippen LogP contribution in [0.25, 0.3) is 0 Å². The third kappa shape index (κ3) is 4.77. The number of anilines is 1. The normalized spacial score (nSPS) is 11.7. The van der Waals surface area contributed by atoms with E-state index in [2.05, 4.69) is 10.6 Å². The maximum atomic E-state index is 12.1.